The molecule has 2 heterocycles. The number of hydrogen-bond donors (Lipinski definition) is 2. The molecule has 5 nitrogen and oxygen atoms in total. The van der Waals surface area contributed by atoms with E-state index in [9.17, 15) is 4.79 Å². The summed E-state index contributed by atoms with van der Waals surface area (Å²) in [6.45, 7) is 12.4. The fourth-order valence-corrected chi connectivity index (χ4v) is 5.44. The zero-order valence-electron chi connectivity index (χ0n) is 17.8. The molecule has 2 saturated heterocycles. The molecule has 2 N–H and O–H groups in total. The van der Waals surface area contributed by atoms with Gasteiger partial charge in [-0.05, 0) is 64.5 Å². The smallest absolute Gasteiger partial charge is 0.220 e. The Morgan fingerprint density at radius 1 is 1.22 bits per heavy atom. The van der Waals surface area contributed by atoms with E-state index in [4.69, 9.17) is 4.74 Å². The Kier molecular flexibility index (Phi) is 7.20. The molecule has 1 unspecified atom stereocenters. The number of nitrogens with zero attached hydrogens (tertiary/aromatic N) is 1. The van der Waals surface area contributed by atoms with Crippen LogP contribution in [0.3, 0.4) is 0 Å². The Hall–Kier alpha value is -0.650. The molecule has 5 heteroatoms. The van der Waals surface area contributed by atoms with E-state index in [1.54, 1.807) is 0 Å². The molecule has 27 heavy (non-hydrogen) atoms. The van der Waals surface area contributed by atoms with Gasteiger partial charge in [-0.25, -0.2) is 0 Å². The van der Waals surface area contributed by atoms with Crippen molar-refractivity contribution in [1.29, 1.82) is 0 Å². The summed E-state index contributed by atoms with van der Waals surface area (Å²) in [6, 6.07) is 0. The first-order valence-electron chi connectivity index (χ1n) is 11.3. The van der Waals surface area contributed by atoms with Crippen molar-refractivity contribution in [3.63, 3.8) is 0 Å². The van der Waals surface area contributed by atoms with Gasteiger partial charge in [0.05, 0.1) is 12.2 Å². The summed E-state index contributed by atoms with van der Waals surface area (Å²) >= 11 is 0. The molecule has 0 spiro atoms. The molecule has 0 aromatic heterocycles. The summed E-state index contributed by atoms with van der Waals surface area (Å²) in [6.07, 6.45) is 9.38. The van der Waals surface area contributed by atoms with Crippen molar-refractivity contribution in [3.05, 3.63) is 0 Å². The van der Waals surface area contributed by atoms with Crippen LogP contribution in [0.2, 0.25) is 0 Å². The second-order valence-corrected chi connectivity index (χ2v) is 9.86. The second-order valence-electron chi connectivity index (χ2n) is 9.86. The third kappa shape index (κ3) is 5.68. The average molecular weight is 380 g/mol. The highest BCUT2D eigenvalue weighted by atomic mass is 16.5. The van der Waals surface area contributed by atoms with Gasteiger partial charge in [-0.2, -0.15) is 0 Å². The van der Waals surface area contributed by atoms with Crippen LogP contribution >= 0.6 is 0 Å². The highest BCUT2D eigenvalue weighted by Gasteiger charge is 2.42. The number of piperidine rings is 1. The molecule has 0 aromatic carbocycles. The van der Waals surface area contributed by atoms with Crippen LogP contribution in [0.15, 0.2) is 0 Å². The molecule has 3 fully saturated rings. The van der Waals surface area contributed by atoms with Gasteiger partial charge in [0.15, 0.2) is 0 Å². The molecule has 0 radical (unpaired) electrons. The quantitative estimate of drug-likeness (QED) is 0.745. The van der Waals surface area contributed by atoms with Gasteiger partial charge in [0.1, 0.15) is 0 Å². The van der Waals surface area contributed by atoms with Gasteiger partial charge in [-0.1, -0.05) is 26.2 Å². The largest absolute Gasteiger partial charge is 0.373 e. The lowest BCUT2D eigenvalue weighted by atomic mass is 9.79. The van der Waals surface area contributed by atoms with Gasteiger partial charge < -0.3 is 15.4 Å². The van der Waals surface area contributed by atoms with Crippen molar-refractivity contribution in [2.45, 2.75) is 83.3 Å². The number of amides is 1. The SMILES string of the molecule is CC(CC(=O)NCC1(N2CCOC(C)(C)C2)CCCCC1)C1CCNCC1. The van der Waals surface area contributed by atoms with E-state index in [0.29, 0.717) is 18.3 Å². The van der Waals surface area contributed by atoms with Gasteiger partial charge in [0.25, 0.3) is 0 Å². The van der Waals surface area contributed by atoms with Crippen molar-refractivity contribution in [1.82, 2.24) is 15.5 Å². The van der Waals surface area contributed by atoms with Crippen molar-refractivity contribution in [2.75, 3.05) is 39.3 Å². The minimum atomic E-state index is -0.0871. The summed E-state index contributed by atoms with van der Waals surface area (Å²) in [7, 11) is 0. The first-order valence-corrected chi connectivity index (χ1v) is 11.3. The summed E-state index contributed by atoms with van der Waals surface area (Å²) < 4.78 is 5.94. The topological polar surface area (TPSA) is 53.6 Å². The van der Waals surface area contributed by atoms with Crippen LogP contribution in [0.4, 0.5) is 0 Å². The zero-order valence-corrected chi connectivity index (χ0v) is 17.8. The fourth-order valence-electron chi connectivity index (χ4n) is 5.44. The monoisotopic (exact) mass is 379 g/mol. The first kappa shape index (κ1) is 21.1. The molecule has 1 saturated carbocycles. The molecule has 0 bridgehead atoms. The molecular formula is C22H41N3O2. The zero-order chi connectivity index (χ0) is 19.3. The number of carbonyl (C=O) groups is 1. The van der Waals surface area contributed by atoms with E-state index >= 15 is 0 Å². The van der Waals surface area contributed by atoms with Crippen LogP contribution in [0, 0.1) is 11.8 Å². The summed E-state index contributed by atoms with van der Waals surface area (Å²) in [5, 5.41) is 6.77. The number of rotatable bonds is 6. The predicted molar refractivity (Wildman–Crippen MR) is 110 cm³/mol. The lowest BCUT2D eigenvalue weighted by molar-refractivity contribution is -0.130. The molecule has 0 aromatic rings. The number of nitrogens with one attached hydrogen (secondary N) is 2. The van der Waals surface area contributed by atoms with Crippen LogP contribution in [0.5, 0.6) is 0 Å². The highest BCUT2D eigenvalue weighted by Crippen LogP contribution is 2.36. The molecule has 3 rings (SSSR count). The summed E-state index contributed by atoms with van der Waals surface area (Å²) in [4.78, 5) is 15.4. The molecule has 1 aliphatic carbocycles. The van der Waals surface area contributed by atoms with Gasteiger partial charge in [-0.15, -0.1) is 0 Å². The molecule has 156 valence electrons. The Morgan fingerprint density at radius 2 is 1.93 bits per heavy atom. The predicted octanol–water partition coefficient (Wildman–Crippen LogP) is 2.94. The van der Waals surface area contributed by atoms with Crippen LogP contribution < -0.4 is 10.6 Å². The molecule has 1 atom stereocenters. The van der Waals surface area contributed by atoms with Crippen LogP contribution in [0.25, 0.3) is 0 Å². The maximum absolute atomic E-state index is 12.7. The van der Waals surface area contributed by atoms with E-state index in [1.165, 1.54) is 44.9 Å². The second kappa shape index (κ2) is 9.23. The van der Waals surface area contributed by atoms with Gasteiger partial charge in [0.2, 0.25) is 5.91 Å². The lowest BCUT2D eigenvalue weighted by Crippen LogP contribution is -2.63. The molecule has 2 aliphatic heterocycles. The molecule has 3 aliphatic rings. The third-order valence-corrected chi connectivity index (χ3v) is 7.19. The lowest BCUT2D eigenvalue weighted by Gasteiger charge is -2.51. The first-order chi connectivity index (χ1) is 12.9. The maximum atomic E-state index is 12.7. The molecule has 1 amide bonds. The Morgan fingerprint density at radius 3 is 2.59 bits per heavy atom. The van der Waals surface area contributed by atoms with E-state index in [2.05, 4.69) is 36.3 Å². The Labute approximate surface area is 166 Å². The van der Waals surface area contributed by atoms with Gasteiger partial charge in [-0.3, -0.25) is 9.69 Å². The van der Waals surface area contributed by atoms with Crippen molar-refractivity contribution in [3.8, 4) is 0 Å². The van der Waals surface area contributed by atoms with Gasteiger partial charge in [0, 0.05) is 31.6 Å². The van der Waals surface area contributed by atoms with Crippen molar-refractivity contribution in [2.24, 2.45) is 11.8 Å². The van der Waals surface area contributed by atoms with Crippen LogP contribution in [-0.4, -0.2) is 61.3 Å². The van der Waals surface area contributed by atoms with E-state index in [-0.39, 0.29) is 17.0 Å². The summed E-state index contributed by atoms with van der Waals surface area (Å²) in [5.41, 5.74) is 0.0448. The number of carbonyl (C=O) groups excluding carboxylic acids is 1. The van der Waals surface area contributed by atoms with Crippen molar-refractivity contribution >= 4 is 5.91 Å². The van der Waals surface area contributed by atoms with E-state index < -0.39 is 0 Å². The van der Waals surface area contributed by atoms with Crippen LogP contribution in [0.1, 0.15) is 72.1 Å². The maximum Gasteiger partial charge on any atom is 0.220 e. The Balaban J connectivity index is 1.55. The number of morpholine rings is 1. The minimum absolute atomic E-state index is 0.0871. The standard InChI is InChI=1S/C22H41N3O2/c1-18(19-7-11-23-12-8-19)15-20(26)24-16-22(9-5-4-6-10-22)25-13-14-27-21(2,3)17-25/h18-19,23H,4-17H2,1-3H3,(H,24,26). The van der Waals surface area contributed by atoms with E-state index in [0.717, 1.165) is 39.3 Å². The average Bonchev–Trinajstić information content (AvgIpc) is 2.67. The highest BCUT2D eigenvalue weighted by molar-refractivity contribution is 5.76. The third-order valence-electron chi connectivity index (χ3n) is 7.19. The number of ether oxygens (including phenoxy) is 1. The van der Waals surface area contributed by atoms with Crippen LogP contribution in [-0.2, 0) is 9.53 Å². The summed E-state index contributed by atoms with van der Waals surface area (Å²) in [5.74, 6) is 1.43. The number of hydrogen-bond acceptors (Lipinski definition) is 4. The Bertz CT molecular complexity index is 482. The van der Waals surface area contributed by atoms with Gasteiger partial charge >= 0.3 is 0 Å². The van der Waals surface area contributed by atoms with Crippen molar-refractivity contribution < 1.29 is 9.53 Å². The minimum Gasteiger partial charge on any atom is -0.373 e. The fraction of sp³-hybridized carbons (Fsp3) is 0.955. The van der Waals surface area contributed by atoms with E-state index in [1.807, 2.05) is 0 Å². The molecular weight excluding hydrogens is 338 g/mol. The normalized spacial score (nSPS) is 27.8.